The Morgan fingerprint density at radius 2 is 1.94 bits per heavy atom. The van der Waals surface area contributed by atoms with Gasteiger partial charge in [0, 0.05) is 5.56 Å². The molecule has 2 rings (SSSR count). The third kappa shape index (κ3) is 1.47. The number of amides is 1. The smallest absolute Gasteiger partial charge is 0.344 e. The summed E-state index contributed by atoms with van der Waals surface area (Å²) in [7, 11) is 0. The van der Waals surface area contributed by atoms with Crippen molar-refractivity contribution in [3.63, 3.8) is 0 Å². The number of carbonyl (C=O) groups excluding carboxylic acids is 1. The Kier molecular flexibility index (Phi) is 2.46. The maximum atomic E-state index is 11.6. The van der Waals surface area contributed by atoms with Gasteiger partial charge in [0.2, 0.25) is 5.76 Å². The lowest BCUT2D eigenvalue weighted by molar-refractivity contribution is 0.0921. The fraction of sp³-hybridized carbons (Fsp3) is 0.0909. The van der Waals surface area contributed by atoms with Crippen LogP contribution in [0.1, 0.15) is 16.1 Å². The van der Waals surface area contributed by atoms with Gasteiger partial charge in [0.1, 0.15) is 0 Å². The highest BCUT2D eigenvalue weighted by atomic mass is 16.4. The lowest BCUT2D eigenvalue weighted by Gasteiger charge is -2.05. The first kappa shape index (κ1) is 10.4. The average Bonchev–Trinajstić information content (AvgIpc) is 2.33. The van der Waals surface area contributed by atoms with Gasteiger partial charge in [0.25, 0.3) is 0 Å². The molecule has 0 radical (unpaired) electrons. The summed E-state index contributed by atoms with van der Waals surface area (Å²) in [5.74, 6) is 4.34. The van der Waals surface area contributed by atoms with Gasteiger partial charge < -0.3 is 4.42 Å². The fourth-order valence-corrected chi connectivity index (χ4v) is 1.62. The molecule has 1 heterocycles. The maximum absolute atomic E-state index is 11.6. The number of hydrogen-bond donors (Lipinski definition) is 2. The highest BCUT2D eigenvalue weighted by Crippen LogP contribution is 2.18. The van der Waals surface area contributed by atoms with Gasteiger partial charge in [-0.1, -0.05) is 18.2 Å². The molecule has 0 spiro atoms. The van der Waals surface area contributed by atoms with Crippen LogP contribution in [0.4, 0.5) is 0 Å². The Balaban J connectivity index is 2.86. The number of carbonyl (C=O) groups is 1. The molecule has 0 saturated carbocycles. The third-order valence-electron chi connectivity index (χ3n) is 2.42. The summed E-state index contributed by atoms with van der Waals surface area (Å²) < 4.78 is 4.93. The van der Waals surface area contributed by atoms with E-state index in [1.54, 1.807) is 31.2 Å². The van der Waals surface area contributed by atoms with Crippen LogP contribution in [0.2, 0.25) is 0 Å². The molecule has 0 atom stereocenters. The van der Waals surface area contributed by atoms with Crippen LogP contribution in [-0.4, -0.2) is 5.91 Å². The third-order valence-corrected chi connectivity index (χ3v) is 2.42. The normalized spacial score (nSPS) is 10.4. The zero-order chi connectivity index (χ0) is 11.7. The van der Waals surface area contributed by atoms with E-state index in [0.717, 1.165) is 0 Å². The van der Waals surface area contributed by atoms with E-state index in [9.17, 15) is 9.59 Å². The summed E-state index contributed by atoms with van der Waals surface area (Å²) >= 11 is 0. The summed E-state index contributed by atoms with van der Waals surface area (Å²) in [6.45, 7) is 1.70. The predicted octanol–water partition coefficient (Wildman–Crippen LogP) is 0.705. The van der Waals surface area contributed by atoms with Crippen molar-refractivity contribution in [1.29, 1.82) is 0 Å². The monoisotopic (exact) mass is 218 g/mol. The highest BCUT2D eigenvalue weighted by Gasteiger charge is 2.15. The number of hydrogen-bond acceptors (Lipinski definition) is 4. The molecule has 0 aliphatic rings. The summed E-state index contributed by atoms with van der Waals surface area (Å²) in [5.41, 5.74) is 2.00. The molecular weight excluding hydrogens is 208 g/mol. The number of fused-ring (bicyclic) bond motifs is 1. The van der Waals surface area contributed by atoms with Crippen molar-refractivity contribution >= 4 is 16.7 Å². The van der Waals surface area contributed by atoms with Crippen LogP contribution in [0.3, 0.4) is 0 Å². The van der Waals surface area contributed by atoms with Crippen molar-refractivity contribution in [2.45, 2.75) is 6.92 Å². The van der Waals surface area contributed by atoms with Crippen LogP contribution >= 0.6 is 0 Å². The van der Waals surface area contributed by atoms with Gasteiger partial charge in [0.15, 0.2) is 0 Å². The molecule has 2 aromatic rings. The molecule has 0 aliphatic carbocycles. The Morgan fingerprint density at radius 1 is 1.31 bits per heavy atom. The lowest BCUT2D eigenvalue weighted by atomic mass is 10.1. The van der Waals surface area contributed by atoms with Gasteiger partial charge >= 0.3 is 11.5 Å². The molecule has 5 nitrogen and oxygen atoms in total. The standard InChI is InChI=1S/C11H10N2O3/c1-6-7-4-2-3-5-8(7)11(15)16-9(6)10(14)13-12/h2-5H,12H2,1H3,(H,13,14). The summed E-state index contributed by atoms with van der Waals surface area (Å²) in [6.07, 6.45) is 0. The fourth-order valence-electron chi connectivity index (χ4n) is 1.62. The topological polar surface area (TPSA) is 85.3 Å². The molecule has 3 N–H and O–H groups in total. The second-order valence-electron chi connectivity index (χ2n) is 3.36. The van der Waals surface area contributed by atoms with E-state index in [-0.39, 0.29) is 5.76 Å². The van der Waals surface area contributed by atoms with Crippen molar-refractivity contribution in [2.24, 2.45) is 5.84 Å². The molecule has 0 aliphatic heterocycles. The average molecular weight is 218 g/mol. The minimum Gasteiger partial charge on any atom is -0.417 e. The predicted molar refractivity (Wildman–Crippen MR) is 58.9 cm³/mol. The minimum atomic E-state index is -0.611. The molecular formula is C11H10N2O3. The van der Waals surface area contributed by atoms with Crippen molar-refractivity contribution in [2.75, 3.05) is 0 Å². The van der Waals surface area contributed by atoms with Crippen LogP contribution in [0.25, 0.3) is 10.8 Å². The summed E-state index contributed by atoms with van der Waals surface area (Å²) in [5, 5.41) is 1.14. The van der Waals surface area contributed by atoms with Gasteiger partial charge in [-0.25, -0.2) is 10.6 Å². The van der Waals surface area contributed by atoms with Crippen LogP contribution in [0.15, 0.2) is 33.5 Å². The Labute approximate surface area is 90.8 Å². The van der Waals surface area contributed by atoms with Crippen molar-refractivity contribution in [3.05, 3.63) is 46.0 Å². The molecule has 1 amide bonds. The highest BCUT2D eigenvalue weighted by molar-refractivity contribution is 5.97. The number of benzene rings is 1. The van der Waals surface area contributed by atoms with Crippen molar-refractivity contribution in [1.82, 2.24) is 5.43 Å². The Bertz CT molecular complexity index is 616. The summed E-state index contributed by atoms with van der Waals surface area (Å²) in [4.78, 5) is 22.9. The molecule has 82 valence electrons. The quantitative estimate of drug-likeness (QED) is 0.419. The summed E-state index contributed by atoms with van der Waals surface area (Å²) in [6, 6.07) is 6.94. The van der Waals surface area contributed by atoms with E-state index < -0.39 is 11.5 Å². The molecule has 0 saturated heterocycles. The first-order valence-electron chi connectivity index (χ1n) is 4.68. The Morgan fingerprint density at radius 3 is 2.56 bits per heavy atom. The molecule has 1 aromatic carbocycles. The SMILES string of the molecule is Cc1c(C(=O)NN)oc(=O)c2ccccc12. The number of nitrogens with two attached hydrogens (primary N) is 1. The van der Waals surface area contributed by atoms with Crippen molar-refractivity contribution in [3.8, 4) is 0 Å². The van der Waals surface area contributed by atoms with Crippen LogP contribution in [0, 0.1) is 6.92 Å². The number of rotatable bonds is 1. The van der Waals surface area contributed by atoms with Crippen LogP contribution in [-0.2, 0) is 0 Å². The minimum absolute atomic E-state index is 0.0498. The first-order valence-corrected chi connectivity index (χ1v) is 4.68. The number of nitrogens with one attached hydrogen (secondary N) is 1. The van der Waals surface area contributed by atoms with Gasteiger partial charge in [0.05, 0.1) is 5.39 Å². The van der Waals surface area contributed by atoms with E-state index >= 15 is 0 Å². The molecule has 0 fully saturated rings. The molecule has 16 heavy (non-hydrogen) atoms. The second-order valence-corrected chi connectivity index (χ2v) is 3.36. The van der Waals surface area contributed by atoms with Gasteiger partial charge in [-0.15, -0.1) is 0 Å². The van der Waals surface area contributed by atoms with Crippen LogP contribution < -0.4 is 16.9 Å². The second kappa shape index (κ2) is 3.79. The van der Waals surface area contributed by atoms with E-state index in [4.69, 9.17) is 10.3 Å². The van der Waals surface area contributed by atoms with Gasteiger partial charge in [-0.3, -0.25) is 10.2 Å². The molecule has 1 aromatic heterocycles. The number of nitrogen functional groups attached to an aromatic ring is 1. The first-order chi connectivity index (χ1) is 7.65. The molecule has 0 bridgehead atoms. The lowest BCUT2D eigenvalue weighted by Crippen LogP contribution is -2.31. The maximum Gasteiger partial charge on any atom is 0.344 e. The molecule has 5 heteroatoms. The van der Waals surface area contributed by atoms with E-state index in [1.807, 2.05) is 5.43 Å². The van der Waals surface area contributed by atoms with E-state index in [2.05, 4.69) is 0 Å². The Hall–Kier alpha value is -2.14. The number of hydrazine groups is 1. The van der Waals surface area contributed by atoms with Gasteiger partial charge in [-0.05, 0) is 18.4 Å². The zero-order valence-corrected chi connectivity index (χ0v) is 8.61. The largest absolute Gasteiger partial charge is 0.417 e. The number of aryl methyl sites for hydroxylation is 1. The zero-order valence-electron chi connectivity index (χ0n) is 8.61. The van der Waals surface area contributed by atoms with Crippen LogP contribution in [0.5, 0.6) is 0 Å². The van der Waals surface area contributed by atoms with E-state index in [0.29, 0.717) is 16.3 Å². The molecule has 0 unspecified atom stereocenters. The van der Waals surface area contributed by atoms with E-state index in [1.165, 1.54) is 0 Å². The van der Waals surface area contributed by atoms with Crippen molar-refractivity contribution < 1.29 is 9.21 Å². The van der Waals surface area contributed by atoms with Gasteiger partial charge in [-0.2, -0.15) is 0 Å².